The first kappa shape index (κ1) is 25.5. The molecule has 1 saturated heterocycles. The Morgan fingerprint density at radius 1 is 1.06 bits per heavy atom. The average Bonchev–Trinajstić information content (AvgIpc) is 2.89. The highest BCUT2D eigenvalue weighted by Crippen LogP contribution is 2.30. The Morgan fingerprint density at radius 2 is 1.80 bits per heavy atom. The van der Waals surface area contributed by atoms with Crippen molar-refractivity contribution in [3.63, 3.8) is 0 Å². The quantitative estimate of drug-likeness (QED) is 0.545. The van der Waals surface area contributed by atoms with Crippen LogP contribution in [0.3, 0.4) is 0 Å². The highest BCUT2D eigenvalue weighted by atomic mass is 35.5. The lowest BCUT2D eigenvalue weighted by Gasteiger charge is -2.32. The van der Waals surface area contributed by atoms with Gasteiger partial charge < -0.3 is 20.3 Å². The number of amides is 2. The summed E-state index contributed by atoms with van der Waals surface area (Å²) in [7, 11) is 0. The summed E-state index contributed by atoms with van der Waals surface area (Å²) >= 11 is 5.98. The van der Waals surface area contributed by atoms with Gasteiger partial charge in [0.15, 0.2) is 0 Å². The Labute approximate surface area is 212 Å². The molecule has 0 aromatic heterocycles. The van der Waals surface area contributed by atoms with Crippen LogP contribution in [0.1, 0.15) is 35.3 Å². The van der Waals surface area contributed by atoms with Crippen molar-refractivity contribution in [2.75, 3.05) is 62.0 Å². The van der Waals surface area contributed by atoms with E-state index >= 15 is 0 Å². The second-order valence-corrected chi connectivity index (χ2v) is 10.1. The lowest BCUT2D eigenvalue weighted by Crippen LogP contribution is -2.41. The van der Waals surface area contributed by atoms with Gasteiger partial charge >= 0.3 is 0 Å². The summed E-state index contributed by atoms with van der Waals surface area (Å²) in [5.41, 5.74) is 3.95. The minimum atomic E-state index is -0.711. The minimum Gasteiger partial charge on any atom is -0.379 e. The van der Waals surface area contributed by atoms with Crippen molar-refractivity contribution in [3.8, 4) is 0 Å². The first-order valence-electron chi connectivity index (χ1n) is 12.3. The van der Waals surface area contributed by atoms with Crippen LogP contribution < -0.4 is 15.5 Å². The van der Waals surface area contributed by atoms with Gasteiger partial charge in [-0.15, -0.1) is 11.6 Å². The summed E-state index contributed by atoms with van der Waals surface area (Å²) in [5, 5.41) is 6.02. The zero-order chi connectivity index (χ0) is 24.8. The number of anilines is 2. The number of hydrogen-bond donors (Lipinski definition) is 2. The van der Waals surface area contributed by atoms with Crippen LogP contribution in [0, 0.1) is 5.41 Å². The highest BCUT2D eigenvalue weighted by Gasteiger charge is 2.27. The van der Waals surface area contributed by atoms with Gasteiger partial charge in [0.25, 0.3) is 5.91 Å². The van der Waals surface area contributed by atoms with Crippen LogP contribution in [0.25, 0.3) is 0 Å². The van der Waals surface area contributed by atoms with Crippen molar-refractivity contribution in [1.82, 2.24) is 10.2 Å². The van der Waals surface area contributed by atoms with Gasteiger partial charge in [0, 0.05) is 56.5 Å². The fourth-order valence-corrected chi connectivity index (χ4v) is 4.50. The van der Waals surface area contributed by atoms with E-state index in [-0.39, 0.29) is 17.7 Å². The van der Waals surface area contributed by atoms with Crippen molar-refractivity contribution in [2.24, 2.45) is 5.41 Å². The van der Waals surface area contributed by atoms with Gasteiger partial charge in [-0.1, -0.05) is 24.3 Å². The zero-order valence-corrected chi connectivity index (χ0v) is 21.4. The molecule has 188 valence electrons. The molecule has 0 spiro atoms. The molecule has 35 heavy (non-hydrogen) atoms. The maximum absolute atomic E-state index is 13.4. The third-order valence-corrected chi connectivity index (χ3v) is 7.40. The summed E-state index contributed by atoms with van der Waals surface area (Å²) in [6, 6.07) is 14.0. The maximum Gasteiger partial charge on any atom is 0.253 e. The number of carbonyl (C=O) groups excluding carboxylic acids is 2. The number of nitrogens with zero attached hydrogens (tertiary/aromatic N) is 2. The smallest absolute Gasteiger partial charge is 0.253 e. The molecule has 2 aromatic rings. The number of fused-ring (bicyclic) bond motifs is 1. The summed E-state index contributed by atoms with van der Waals surface area (Å²) in [6.07, 6.45) is 0.927. The molecule has 0 bridgehead atoms. The standard InChI is InChI=1S/C27H35ClN4O3/c1-27(2,19-28)26(34)30-22-7-8-24(32-11-9-20-5-3-4-6-21(20)18-32)23(17-22)25(33)29-10-12-31-13-15-35-16-14-31/h3-8,17H,9-16,18-19H2,1-2H3,(H,29,33)(H,30,34). The lowest BCUT2D eigenvalue weighted by molar-refractivity contribution is -0.122. The van der Waals surface area contributed by atoms with Crippen molar-refractivity contribution >= 4 is 34.8 Å². The molecule has 0 aliphatic carbocycles. The van der Waals surface area contributed by atoms with E-state index in [1.807, 2.05) is 12.1 Å². The molecule has 1 fully saturated rings. The topological polar surface area (TPSA) is 73.9 Å². The Balaban J connectivity index is 1.53. The van der Waals surface area contributed by atoms with Gasteiger partial charge in [0.1, 0.15) is 0 Å². The number of ether oxygens (including phenoxy) is 1. The molecule has 7 nitrogen and oxygen atoms in total. The van der Waals surface area contributed by atoms with Crippen LogP contribution in [0.4, 0.5) is 11.4 Å². The van der Waals surface area contributed by atoms with E-state index in [0.29, 0.717) is 17.8 Å². The number of halogens is 1. The van der Waals surface area contributed by atoms with E-state index in [1.54, 1.807) is 19.9 Å². The van der Waals surface area contributed by atoms with Gasteiger partial charge in [-0.2, -0.15) is 0 Å². The first-order chi connectivity index (χ1) is 16.9. The zero-order valence-electron chi connectivity index (χ0n) is 20.6. The van der Waals surface area contributed by atoms with E-state index in [2.05, 4.69) is 44.7 Å². The van der Waals surface area contributed by atoms with E-state index < -0.39 is 5.41 Å². The molecule has 8 heteroatoms. The fraction of sp³-hybridized carbons (Fsp3) is 0.481. The molecule has 2 heterocycles. The molecule has 0 radical (unpaired) electrons. The maximum atomic E-state index is 13.4. The number of nitrogens with one attached hydrogen (secondary N) is 2. The monoisotopic (exact) mass is 498 g/mol. The SMILES string of the molecule is CC(C)(CCl)C(=O)Nc1ccc(N2CCc3ccccc3C2)c(C(=O)NCCN2CCOCC2)c1. The van der Waals surface area contributed by atoms with E-state index in [0.717, 1.165) is 58.0 Å². The lowest BCUT2D eigenvalue weighted by atomic mass is 9.95. The number of hydrogen-bond acceptors (Lipinski definition) is 5. The van der Waals surface area contributed by atoms with E-state index in [1.165, 1.54) is 11.1 Å². The van der Waals surface area contributed by atoms with Gasteiger partial charge in [-0.25, -0.2) is 0 Å². The van der Waals surface area contributed by atoms with E-state index in [4.69, 9.17) is 16.3 Å². The average molecular weight is 499 g/mol. The molecule has 2 amide bonds. The van der Waals surface area contributed by atoms with Gasteiger partial charge in [-0.3, -0.25) is 14.5 Å². The van der Waals surface area contributed by atoms with Crippen LogP contribution in [-0.2, 0) is 22.5 Å². The van der Waals surface area contributed by atoms with Crippen molar-refractivity contribution in [2.45, 2.75) is 26.8 Å². The Kier molecular flexibility index (Phi) is 8.31. The first-order valence-corrected chi connectivity index (χ1v) is 12.8. The Bertz CT molecular complexity index is 1050. The molecular formula is C27H35ClN4O3. The molecule has 2 aromatic carbocycles. The fourth-order valence-electron chi connectivity index (χ4n) is 4.38. The summed E-state index contributed by atoms with van der Waals surface area (Å²) < 4.78 is 5.40. The molecule has 2 N–H and O–H groups in total. The Hall–Kier alpha value is -2.61. The number of morpholine rings is 1. The van der Waals surface area contributed by atoms with Crippen LogP contribution in [0.15, 0.2) is 42.5 Å². The summed E-state index contributed by atoms with van der Waals surface area (Å²) in [4.78, 5) is 30.6. The normalized spacial score (nSPS) is 16.5. The molecule has 0 unspecified atom stereocenters. The van der Waals surface area contributed by atoms with Crippen molar-refractivity contribution in [3.05, 3.63) is 59.2 Å². The van der Waals surface area contributed by atoms with E-state index in [9.17, 15) is 9.59 Å². The predicted molar refractivity (Wildman–Crippen MR) is 140 cm³/mol. The van der Waals surface area contributed by atoms with Crippen LogP contribution in [0.5, 0.6) is 0 Å². The second-order valence-electron chi connectivity index (χ2n) is 9.85. The van der Waals surface area contributed by atoms with Crippen LogP contribution in [0.2, 0.25) is 0 Å². The van der Waals surface area contributed by atoms with Gasteiger partial charge in [0.2, 0.25) is 5.91 Å². The van der Waals surface area contributed by atoms with Gasteiger partial charge in [0.05, 0.1) is 24.2 Å². The number of carbonyl (C=O) groups is 2. The largest absolute Gasteiger partial charge is 0.379 e. The number of rotatable bonds is 8. The highest BCUT2D eigenvalue weighted by molar-refractivity contribution is 6.20. The number of benzene rings is 2. The van der Waals surface area contributed by atoms with Crippen molar-refractivity contribution in [1.29, 1.82) is 0 Å². The molecule has 0 saturated carbocycles. The molecular weight excluding hydrogens is 464 g/mol. The third kappa shape index (κ3) is 6.34. The second kappa shape index (κ2) is 11.4. The minimum absolute atomic E-state index is 0.139. The molecule has 2 aliphatic heterocycles. The molecule has 2 aliphatic rings. The predicted octanol–water partition coefficient (Wildman–Crippen LogP) is 3.51. The third-order valence-electron chi connectivity index (χ3n) is 6.74. The molecule has 4 rings (SSSR count). The van der Waals surface area contributed by atoms with Crippen molar-refractivity contribution < 1.29 is 14.3 Å². The van der Waals surface area contributed by atoms with Crippen LogP contribution in [-0.4, -0.2) is 68.5 Å². The molecule has 0 atom stereocenters. The van der Waals surface area contributed by atoms with Gasteiger partial charge in [-0.05, 0) is 49.6 Å². The van der Waals surface area contributed by atoms with Crippen LogP contribution >= 0.6 is 11.6 Å². The summed E-state index contributed by atoms with van der Waals surface area (Å²) in [6.45, 7) is 9.73. The Morgan fingerprint density at radius 3 is 2.54 bits per heavy atom. The summed E-state index contributed by atoms with van der Waals surface area (Å²) in [5.74, 6) is -0.107. The number of alkyl halides is 1.